The van der Waals surface area contributed by atoms with Crippen LogP contribution in [-0.2, 0) is 20.1 Å². The number of carbonyl (C=O) groups excluding carboxylic acids is 1. The first-order valence-corrected chi connectivity index (χ1v) is 12.6. The Kier molecular flexibility index (Phi) is 6.98. The van der Waals surface area contributed by atoms with Gasteiger partial charge < -0.3 is 19.3 Å². The Hall–Kier alpha value is -3.36. The number of aryl methyl sites for hydroxylation is 2. The number of pyridine rings is 1. The van der Waals surface area contributed by atoms with Crippen molar-refractivity contribution in [2.24, 2.45) is 13.0 Å². The minimum Gasteiger partial charge on any atom is -0.467 e. The number of benzene rings is 1. The van der Waals surface area contributed by atoms with E-state index in [2.05, 4.69) is 16.1 Å². The molecule has 0 aliphatic carbocycles. The normalized spacial score (nSPS) is 16.0. The van der Waals surface area contributed by atoms with Gasteiger partial charge in [0.05, 0.1) is 30.6 Å². The van der Waals surface area contributed by atoms with Gasteiger partial charge in [-0.15, -0.1) is 0 Å². The van der Waals surface area contributed by atoms with Crippen LogP contribution in [-0.4, -0.2) is 50.4 Å². The second kappa shape index (κ2) is 10.3. The molecule has 1 N–H and O–H groups in total. The standard InChI is InChI=1S/C27H30ClN5O3/c1-18-11-25(31(2)30-18)27(35)33(16-23-6-4-10-36-23)15-21-12-20-7-8-22(28)13-24(20)29-26(21)32-9-3-5-19(14-32)17-34/h4,6-8,10-13,19,34H,3,5,9,14-17H2,1-2H3. The molecule has 3 aromatic heterocycles. The largest absolute Gasteiger partial charge is 0.467 e. The minimum absolute atomic E-state index is 0.136. The number of aliphatic hydroxyl groups excluding tert-OH is 1. The van der Waals surface area contributed by atoms with Crippen LogP contribution in [0.3, 0.4) is 0 Å². The zero-order chi connectivity index (χ0) is 25.2. The third-order valence-electron chi connectivity index (χ3n) is 6.71. The van der Waals surface area contributed by atoms with Crippen LogP contribution in [0.15, 0.2) is 53.1 Å². The van der Waals surface area contributed by atoms with Crippen LogP contribution in [0.5, 0.6) is 0 Å². The predicted molar refractivity (Wildman–Crippen MR) is 139 cm³/mol. The molecule has 1 aromatic carbocycles. The van der Waals surface area contributed by atoms with Gasteiger partial charge in [0.15, 0.2) is 0 Å². The van der Waals surface area contributed by atoms with Crippen molar-refractivity contribution in [1.82, 2.24) is 19.7 Å². The molecule has 1 atom stereocenters. The maximum Gasteiger partial charge on any atom is 0.272 e. The fourth-order valence-electron chi connectivity index (χ4n) is 4.94. The third kappa shape index (κ3) is 5.10. The van der Waals surface area contributed by atoms with Crippen molar-refractivity contribution in [3.05, 3.63) is 76.5 Å². The van der Waals surface area contributed by atoms with Crippen molar-refractivity contribution in [2.45, 2.75) is 32.9 Å². The summed E-state index contributed by atoms with van der Waals surface area (Å²) in [5, 5.41) is 15.8. The number of furan rings is 1. The Morgan fingerprint density at radius 1 is 1.25 bits per heavy atom. The van der Waals surface area contributed by atoms with E-state index in [1.54, 1.807) is 29.0 Å². The molecule has 1 aliphatic rings. The van der Waals surface area contributed by atoms with Crippen molar-refractivity contribution in [3.8, 4) is 0 Å². The van der Waals surface area contributed by atoms with E-state index in [1.165, 1.54) is 0 Å². The number of nitrogens with zero attached hydrogens (tertiary/aromatic N) is 5. The quantitative estimate of drug-likeness (QED) is 0.394. The van der Waals surface area contributed by atoms with Crippen molar-refractivity contribution in [1.29, 1.82) is 0 Å². The summed E-state index contributed by atoms with van der Waals surface area (Å²) in [6.07, 6.45) is 3.58. The number of fused-ring (bicyclic) bond motifs is 1. The second-order valence-electron chi connectivity index (χ2n) is 9.48. The van der Waals surface area contributed by atoms with Crippen LogP contribution in [0.2, 0.25) is 5.02 Å². The monoisotopic (exact) mass is 507 g/mol. The number of piperidine rings is 1. The molecule has 0 radical (unpaired) electrons. The molecular weight excluding hydrogens is 478 g/mol. The Morgan fingerprint density at radius 2 is 2.11 bits per heavy atom. The zero-order valence-corrected chi connectivity index (χ0v) is 21.3. The van der Waals surface area contributed by atoms with Crippen LogP contribution < -0.4 is 4.90 Å². The Bertz CT molecular complexity index is 1370. The molecule has 36 heavy (non-hydrogen) atoms. The lowest BCUT2D eigenvalue weighted by atomic mass is 9.98. The summed E-state index contributed by atoms with van der Waals surface area (Å²) in [6, 6.07) is 13.2. The highest BCUT2D eigenvalue weighted by Gasteiger charge is 2.26. The number of anilines is 1. The molecular formula is C27H30ClN5O3. The van der Waals surface area contributed by atoms with Crippen LogP contribution in [0.1, 0.15) is 40.3 Å². The first-order valence-electron chi connectivity index (χ1n) is 12.2. The molecule has 0 saturated carbocycles. The number of amides is 1. The van der Waals surface area contributed by atoms with Crippen molar-refractivity contribution < 1.29 is 14.3 Å². The lowest BCUT2D eigenvalue weighted by Gasteiger charge is -2.35. The number of aliphatic hydroxyl groups is 1. The Morgan fingerprint density at radius 3 is 2.83 bits per heavy atom. The maximum atomic E-state index is 13.7. The van der Waals surface area contributed by atoms with Gasteiger partial charge in [0.25, 0.3) is 5.91 Å². The SMILES string of the molecule is Cc1cc(C(=O)N(Cc2ccco2)Cc2cc3ccc(Cl)cc3nc2N2CCCC(CO)C2)n(C)n1. The minimum atomic E-state index is -0.136. The molecule has 0 bridgehead atoms. The van der Waals surface area contributed by atoms with Crippen LogP contribution >= 0.6 is 11.6 Å². The van der Waals surface area contributed by atoms with Crippen molar-refractivity contribution in [2.75, 3.05) is 24.6 Å². The molecule has 1 unspecified atom stereocenters. The van der Waals surface area contributed by atoms with Crippen LogP contribution in [0.25, 0.3) is 10.9 Å². The van der Waals surface area contributed by atoms with E-state index in [-0.39, 0.29) is 18.4 Å². The maximum absolute atomic E-state index is 13.7. The number of hydrogen-bond acceptors (Lipinski definition) is 6. The number of halogens is 1. The summed E-state index contributed by atoms with van der Waals surface area (Å²) in [5.41, 5.74) is 3.03. The van der Waals surface area contributed by atoms with Crippen molar-refractivity contribution >= 4 is 34.2 Å². The highest BCUT2D eigenvalue weighted by Crippen LogP contribution is 2.30. The summed E-state index contributed by atoms with van der Waals surface area (Å²) in [5.74, 6) is 1.58. The lowest BCUT2D eigenvalue weighted by molar-refractivity contribution is 0.0706. The average Bonchev–Trinajstić information content (AvgIpc) is 3.51. The average molecular weight is 508 g/mol. The molecule has 4 aromatic rings. The molecule has 1 fully saturated rings. The zero-order valence-electron chi connectivity index (χ0n) is 20.5. The summed E-state index contributed by atoms with van der Waals surface area (Å²) in [6.45, 7) is 4.23. The molecule has 1 amide bonds. The Balaban J connectivity index is 1.56. The van der Waals surface area contributed by atoms with Crippen LogP contribution in [0.4, 0.5) is 5.82 Å². The van der Waals surface area contributed by atoms with Crippen LogP contribution in [0, 0.1) is 12.8 Å². The fraction of sp³-hybridized carbons (Fsp3) is 0.370. The second-order valence-corrected chi connectivity index (χ2v) is 9.92. The van der Waals surface area contributed by atoms with E-state index < -0.39 is 0 Å². The molecule has 4 heterocycles. The summed E-state index contributed by atoms with van der Waals surface area (Å²) in [4.78, 5) is 22.8. The third-order valence-corrected chi connectivity index (χ3v) is 6.94. The lowest BCUT2D eigenvalue weighted by Crippen LogP contribution is -2.39. The predicted octanol–water partition coefficient (Wildman–Crippen LogP) is 4.57. The molecule has 5 rings (SSSR count). The summed E-state index contributed by atoms with van der Waals surface area (Å²) in [7, 11) is 1.78. The van der Waals surface area contributed by atoms with Gasteiger partial charge in [-0.2, -0.15) is 5.10 Å². The molecule has 1 aliphatic heterocycles. The number of hydrogen-bond donors (Lipinski definition) is 1. The van der Waals surface area contributed by atoms with Gasteiger partial charge in [-0.05, 0) is 62.1 Å². The number of rotatable bonds is 7. The van der Waals surface area contributed by atoms with Gasteiger partial charge in [0, 0.05) is 42.7 Å². The van der Waals surface area contributed by atoms with E-state index >= 15 is 0 Å². The topological polar surface area (TPSA) is 87.6 Å². The summed E-state index contributed by atoms with van der Waals surface area (Å²) >= 11 is 6.27. The molecule has 9 heteroatoms. The fourth-order valence-corrected chi connectivity index (χ4v) is 5.11. The van der Waals surface area contributed by atoms with Gasteiger partial charge >= 0.3 is 0 Å². The number of carbonyl (C=O) groups is 1. The molecule has 8 nitrogen and oxygen atoms in total. The van der Waals surface area contributed by atoms with Crippen molar-refractivity contribution in [3.63, 3.8) is 0 Å². The smallest absolute Gasteiger partial charge is 0.272 e. The van der Waals surface area contributed by atoms with E-state index in [4.69, 9.17) is 21.0 Å². The number of aromatic nitrogens is 3. The van der Waals surface area contributed by atoms with Gasteiger partial charge in [0.2, 0.25) is 0 Å². The highest BCUT2D eigenvalue weighted by atomic mass is 35.5. The molecule has 1 saturated heterocycles. The van der Waals surface area contributed by atoms with E-state index in [1.807, 2.05) is 37.3 Å². The van der Waals surface area contributed by atoms with Gasteiger partial charge in [-0.1, -0.05) is 17.7 Å². The molecule has 188 valence electrons. The van der Waals surface area contributed by atoms with Gasteiger partial charge in [-0.25, -0.2) is 4.98 Å². The van der Waals surface area contributed by atoms with E-state index in [0.29, 0.717) is 29.6 Å². The first kappa shape index (κ1) is 24.3. The first-order chi connectivity index (χ1) is 17.4. The molecule has 0 spiro atoms. The van der Waals surface area contributed by atoms with E-state index in [0.717, 1.165) is 53.9 Å². The van der Waals surface area contributed by atoms with Gasteiger partial charge in [-0.3, -0.25) is 9.48 Å². The Labute approximate surface area is 215 Å². The van der Waals surface area contributed by atoms with Gasteiger partial charge in [0.1, 0.15) is 17.3 Å². The summed E-state index contributed by atoms with van der Waals surface area (Å²) < 4.78 is 7.21. The van der Waals surface area contributed by atoms with E-state index in [9.17, 15) is 9.90 Å². The highest BCUT2D eigenvalue weighted by molar-refractivity contribution is 6.31.